The minimum absolute atomic E-state index is 0.526. The van der Waals surface area contributed by atoms with E-state index in [1.807, 2.05) is 35.9 Å². The summed E-state index contributed by atoms with van der Waals surface area (Å²) in [6, 6.07) is 4.06. The van der Waals surface area contributed by atoms with Crippen LogP contribution < -0.4 is 5.32 Å². The molecule has 3 heterocycles. The summed E-state index contributed by atoms with van der Waals surface area (Å²) in [5.41, 5.74) is 2.03. The Labute approximate surface area is 121 Å². The summed E-state index contributed by atoms with van der Waals surface area (Å²) in [4.78, 5) is 5.74. The lowest BCUT2D eigenvalue weighted by Gasteiger charge is -2.02. The number of fused-ring (bicyclic) bond motifs is 1. The summed E-state index contributed by atoms with van der Waals surface area (Å²) in [5.74, 6) is 1.28. The Morgan fingerprint density at radius 2 is 2.20 bits per heavy atom. The molecular weight excluding hydrogens is 270 g/mol. The second-order valence-corrected chi connectivity index (χ2v) is 6.27. The van der Waals surface area contributed by atoms with E-state index in [4.69, 9.17) is 0 Å². The lowest BCUT2D eigenvalue weighted by Crippen LogP contribution is -2.02. The zero-order valence-corrected chi connectivity index (χ0v) is 12.6. The van der Waals surface area contributed by atoms with Crippen LogP contribution in [0.15, 0.2) is 24.5 Å². The molecule has 104 valence electrons. The van der Waals surface area contributed by atoms with E-state index in [9.17, 15) is 0 Å². The molecule has 0 unspecified atom stereocenters. The van der Waals surface area contributed by atoms with E-state index in [0.717, 1.165) is 16.6 Å². The van der Waals surface area contributed by atoms with E-state index in [-0.39, 0.29) is 0 Å². The number of aryl methyl sites for hydroxylation is 1. The Bertz CT molecular complexity index is 728. The lowest BCUT2D eigenvalue weighted by molar-refractivity contribution is 0.885. The molecule has 3 aromatic rings. The van der Waals surface area contributed by atoms with Gasteiger partial charge in [-0.1, -0.05) is 13.8 Å². The van der Waals surface area contributed by atoms with Gasteiger partial charge in [0.1, 0.15) is 5.01 Å². The zero-order valence-electron chi connectivity index (χ0n) is 11.8. The average Bonchev–Trinajstić information content (AvgIpc) is 3.02. The minimum Gasteiger partial charge on any atom is -0.347 e. The monoisotopic (exact) mass is 287 g/mol. The molecule has 0 aromatic carbocycles. The number of hydrogen-bond acceptors (Lipinski definition) is 5. The maximum Gasteiger partial charge on any atom is 0.229 e. The molecule has 20 heavy (non-hydrogen) atoms. The first-order valence-electron chi connectivity index (χ1n) is 6.63. The number of rotatable bonds is 4. The van der Waals surface area contributed by atoms with Gasteiger partial charge in [0.15, 0.2) is 5.65 Å². The fourth-order valence-electron chi connectivity index (χ4n) is 1.94. The topological polar surface area (TPSA) is 55.1 Å². The fourth-order valence-corrected chi connectivity index (χ4v) is 2.80. The van der Waals surface area contributed by atoms with Gasteiger partial charge in [-0.3, -0.25) is 4.40 Å². The third kappa shape index (κ3) is 2.51. The summed E-state index contributed by atoms with van der Waals surface area (Å²) < 4.78 is 1.95. The van der Waals surface area contributed by atoms with Crippen molar-refractivity contribution >= 4 is 22.9 Å². The highest BCUT2D eigenvalue weighted by molar-refractivity contribution is 7.11. The van der Waals surface area contributed by atoms with Gasteiger partial charge in [0.25, 0.3) is 0 Å². The van der Waals surface area contributed by atoms with E-state index in [1.165, 1.54) is 10.4 Å². The molecule has 6 heteroatoms. The van der Waals surface area contributed by atoms with Crippen LogP contribution in [0, 0.1) is 6.92 Å². The summed E-state index contributed by atoms with van der Waals surface area (Å²) in [7, 11) is 0. The van der Waals surface area contributed by atoms with Crippen molar-refractivity contribution in [3.05, 3.63) is 40.0 Å². The molecule has 0 radical (unpaired) electrons. The van der Waals surface area contributed by atoms with E-state index in [0.29, 0.717) is 12.5 Å². The molecule has 0 aliphatic rings. The molecule has 0 atom stereocenters. The van der Waals surface area contributed by atoms with Gasteiger partial charge in [0.2, 0.25) is 5.95 Å². The molecule has 0 amide bonds. The first-order valence-corrected chi connectivity index (χ1v) is 7.45. The van der Waals surface area contributed by atoms with Crippen molar-refractivity contribution in [1.29, 1.82) is 0 Å². The van der Waals surface area contributed by atoms with Crippen molar-refractivity contribution in [2.45, 2.75) is 33.2 Å². The van der Waals surface area contributed by atoms with E-state index < -0.39 is 0 Å². The highest BCUT2D eigenvalue weighted by Gasteiger charge is 2.08. The van der Waals surface area contributed by atoms with E-state index in [2.05, 4.69) is 34.3 Å². The highest BCUT2D eigenvalue weighted by Crippen LogP contribution is 2.22. The van der Waals surface area contributed by atoms with Crippen LogP contribution >= 0.6 is 11.3 Å². The van der Waals surface area contributed by atoms with Crippen LogP contribution in [0.4, 0.5) is 5.95 Å². The van der Waals surface area contributed by atoms with E-state index >= 15 is 0 Å². The van der Waals surface area contributed by atoms with Gasteiger partial charge in [0.05, 0.1) is 6.54 Å². The summed E-state index contributed by atoms with van der Waals surface area (Å²) in [6.45, 7) is 7.08. The Morgan fingerprint density at radius 3 is 2.95 bits per heavy atom. The number of nitrogens with zero attached hydrogens (tertiary/aromatic N) is 4. The first kappa shape index (κ1) is 13.1. The SMILES string of the molecule is Cc1ccn2c(NCc3ncc(C(C)C)s3)nnc2c1. The van der Waals surface area contributed by atoms with E-state index in [1.54, 1.807) is 11.3 Å². The number of nitrogens with one attached hydrogen (secondary N) is 1. The third-order valence-electron chi connectivity index (χ3n) is 3.10. The van der Waals surface area contributed by atoms with Gasteiger partial charge < -0.3 is 5.32 Å². The fraction of sp³-hybridized carbons (Fsp3) is 0.357. The van der Waals surface area contributed by atoms with Crippen LogP contribution in [0.5, 0.6) is 0 Å². The number of anilines is 1. The molecule has 0 saturated carbocycles. The number of aromatic nitrogens is 4. The highest BCUT2D eigenvalue weighted by atomic mass is 32.1. The van der Waals surface area contributed by atoms with Crippen LogP contribution in [-0.4, -0.2) is 19.6 Å². The molecular formula is C14H17N5S. The van der Waals surface area contributed by atoms with Crippen molar-refractivity contribution < 1.29 is 0 Å². The smallest absolute Gasteiger partial charge is 0.229 e. The summed E-state index contributed by atoms with van der Waals surface area (Å²) in [5, 5.41) is 12.7. The largest absolute Gasteiger partial charge is 0.347 e. The molecule has 0 aliphatic heterocycles. The van der Waals surface area contributed by atoms with Crippen LogP contribution in [0.3, 0.4) is 0 Å². The predicted octanol–water partition coefficient (Wildman–Crippen LogP) is 3.23. The lowest BCUT2D eigenvalue weighted by atomic mass is 10.2. The third-order valence-corrected chi connectivity index (χ3v) is 4.40. The molecule has 3 aromatic heterocycles. The molecule has 0 spiro atoms. The molecule has 5 nitrogen and oxygen atoms in total. The maximum atomic E-state index is 4.43. The quantitative estimate of drug-likeness (QED) is 0.800. The summed E-state index contributed by atoms with van der Waals surface area (Å²) >= 11 is 1.74. The van der Waals surface area contributed by atoms with Crippen molar-refractivity contribution in [1.82, 2.24) is 19.6 Å². The Balaban J connectivity index is 1.76. The van der Waals surface area contributed by atoms with Crippen LogP contribution in [0.1, 0.15) is 35.2 Å². The van der Waals surface area contributed by atoms with Gasteiger partial charge in [-0.15, -0.1) is 21.5 Å². The standard InChI is InChI=1S/C14H17N5S/c1-9(2)11-7-15-13(20-11)8-16-14-18-17-12-6-10(3)4-5-19(12)14/h4-7,9H,8H2,1-3H3,(H,16,18). The van der Waals surface area contributed by atoms with Crippen molar-refractivity contribution in [3.8, 4) is 0 Å². The van der Waals surface area contributed by atoms with Crippen molar-refractivity contribution in [3.63, 3.8) is 0 Å². The molecule has 0 aliphatic carbocycles. The molecule has 0 saturated heterocycles. The van der Waals surface area contributed by atoms with Gasteiger partial charge in [-0.05, 0) is 30.5 Å². The number of pyridine rings is 1. The van der Waals surface area contributed by atoms with Crippen LogP contribution in [0.2, 0.25) is 0 Å². The zero-order chi connectivity index (χ0) is 14.1. The van der Waals surface area contributed by atoms with Crippen molar-refractivity contribution in [2.75, 3.05) is 5.32 Å². The Morgan fingerprint density at radius 1 is 1.35 bits per heavy atom. The first-order chi connectivity index (χ1) is 9.63. The van der Waals surface area contributed by atoms with Gasteiger partial charge in [-0.2, -0.15) is 0 Å². The van der Waals surface area contributed by atoms with Gasteiger partial charge >= 0.3 is 0 Å². The minimum atomic E-state index is 0.526. The van der Waals surface area contributed by atoms with Crippen molar-refractivity contribution in [2.24, 2.45) is 0 Å². The van der Waals surface area contributed by atoms with Gasteiger partial charge in [0, 0.05) is 17.3 Å². The van der Waals surface area contributed by atoms with Crippen LogP contribution in [-0.2, 0) is 6.54 Å². The molecule has 0 bridgehead atoms. The second-order valence-electron chi connectivity index (χ2n) is 5.12. The van der Waals surface area contributed by atoms with Crippen LogP contribution in [0.25, 0.3) is 5.65 Å². The maximum absolute atomic E-state index is 4.43. The molecule has 3 rings (SSSR count). The second kappa shape index (κ2) is 5.20. The predicted molar refractivity (Wildman–Crippen MR) is 81.3 cm³/mol. The number of thiazole rings is 1. The normalized spacial score (nSPS) is 11.4. The molecule has 1 N–H and O–H groups in total. The Kier molecular flexibility index (Phi) is 3.40. The Hall–Kier alpha value is -1.95. The average molecular weight is 287 g/mol. The molecule has 0 fully saturated rings. The number of hydrogen-bond donors (Lipinski definition) is 1. The summed E-state index contributed by atoms with van der Waals surface area (Å²) in [6.07, 6.45) is 3.94. The van der Waals surface area contributed by atoms with Gasteiger partial charge in [-0.25, -0.2) is 4.98 Å².